The van der Waals surface area contributed by atoms with Crippen molar-refractivity contribution in [2.45, 2.75) is 0 Å². The van der Waals surface area contributed by atoms with E-state index in [9.17, 15) is 14.4 Å². The highest BCUT2D eigenvalue weighted by atomic mass is 35.5. The van der Waals surface area contributed by atoms with Crippen molar-refractivity contribution in [2.24, 2.45) is 0 Å². The summed E-state index contributed by atoms with van der Waals surface area (Å²) in [7, 11) is 0. The van der Waals surface area contributed by atoms with Crippen molar-refractivity contribution in [3.8, 4) is 6.07 Å². The Bertz CT molecular complexity index is 958. The van der Waals surface area contributed by atoms with Crippen LogP contribution in [0.1, 0.15) is 21.5 Å². The van der Waals surface area contributed by atoms with E-state index in [1.54, 1.807) is 0 Å². The van der Waals surface area contributed by atoms with Gasteiger partial charge in [0.25, 0.3) is 0 Å². The van der Waals surface area contributed by atoms with Gasteiger partial charge in [-0.2, -0.15) is 10.4 Å². The van der Waals surface area contributed by atoms with Crippen LogP contribution in [-0.4, -0.2) is 16.0 Å². The summed E-state index contributed by atoms with van der Waals surface area (Å²) < 4.78 is 13.4. The molecule has 0 amide bonds. The lowest BCUT2D eigenvalue weighted by molar-refractivity contribution is 0.103. The summed E-state index contributed by atoms with van der Waals surface area (Å²) in [6.07, 6.45) is 1.43. The van der Waals surface area contributed by atoms with Crippen LogP contribution in [0.2, 0.25) is 5.02 Å². The van der Waals surface area contributed by atoms with E-state index < -0.39 is 11.6 Å². The van der Waals surface area contributed by atoms with Gasteiger partial charge in [-0.3, -0.25) is 9.89 Å². The highest BCUT2D eigenvalue weighted by Gasteiger charge is 2.22. The maximum atomic E-state index is 13.4. The minimum Gasteiger partial charge on any atom is -0.398 e. The number of H-pyrrole nitrogens is 1. The molecule has 0 saturated heterocycles. The smallest absolute Gasteiger partial charge is 0.198 e. The van der Waals surface area contributed by atoms with Gasteiger partial charge in [0.05, 0.1) is 27.9 Å². The molecular weight excluding hydrogens is 307 g/mol. The number of benzene rings is 2. The zero-order valence-corrected chi connectivity index (χ0v) is 11.8. The number of aromatic amines is 1. The van der Waals surface area contributed by atoms with Gasteiger partial charge in [-0.15, -0.1) is 0 Å². The molecular formula is C15H8ClFN4O. The van der Waals surface area contributed by atoms with Crippen LogP contribution in [0.25, 0.3) is 10.9 Å². The highest BCUT2D eigenvalue weighted by molar-refractivity contribution is 6.35. The first kappa shape index (κ1) is 14.0. The molecule has 0 spiro atoms. The Kier molecular flexibility index (Phi) is 3.28. The molecule has 0 aliphatic rings. The molecule has 0 unspecified atom stereocenters. The van der Waals surface area contributed by atoms with Gasteiger partial charge >= 0.3 is 0 Å². The molecule has 22 heavy (non-hydrogen) atoms. The number of nitrogens with zero attached hydrogens (tertiary/aromatic N) is 2. The van der Waals surface area contributed by atoms with E-state index in [2.05, 4.69) is 10.2 Å². The normalized spacial score (nSPS) is 10.6. The third-order valence-corrected chi connectivity index (χ3v) is 3.62. The summed E-state index contributed by atoms with van der Waals surface area (Å²) in [4.78, 5) is 12.7. The van der Waals surface area contributed by atoms with Gasteiger partial charge in [-0.25, -0.2) is 4.39 Å². The zero-order chi connectivity index (χ0) is 15.9. The second-order valence-electron chi connectivity index (χ2n) is 4.61. The first-order valence-corrected chi connectivity index (χ1v) is 6.56. The van der Waals surface area contributed by atoms with Crippen LogP contribution in [-0.2, 0) is 0 Å². The van der Waals surface area contributed by atoms with E-state index in [0.717, 1.165) is 12.1 Å². The summed E-state index contributed by atoms with van der Waals surface area (Å²) in [5.41, 5.74) is 6.55. The number of carbonyl (C=O) groups is 1. The van der Waals surface area contributed by atoms with Gasteiger partial charge in [0.1, 0.15) is 11.9 Å². The fourth-order valence-corrected chi connectivity index (χ4v) is 2.48. The summed E-state index contributed by atoms with van der Waals surface area (Å²) in [6, 6.07) is 6.90. The van der Waals surface area contributed by atoms with Crippen molar-refractivity contribution < 1.29 is 9.18 Å². The average molecular weight is 315 g/mol. The number of anilines is 1. The van der Waals surface area contributed by atoms with Gasteiger partial charge in [-0.1, -0.05) is 11.6 Å². The summed E-state index contributed by atoms with van der Waals surface area (Å²) in [5, 5.41) is 16.4. The van der Waals surface area contributed by atoms with Crippen molar-refractivity contribution in [3.05, 3.63) is 58.0 Å². The van der Waals surface area contributed by atoms with E-state index in [0.29, 0.717) is 10.9 Å². The van der Waals surface area contributed by atoms with E-state index >= 15 is 0 Å². The molecule has 3 N–H and O–H groups in total. The summed E-state index contributed by atoms with van der Waals surface area (Å²) in [6.45, 7) is 0. The fourth-order valence-electron chi connectivity index (χ4n) is 2.28. The summed E-state index contributed by atoms with van der Waals surface area (Å²) >= 11 is 5.96. The van der Waals surface area contributed by atoms with Crippen molar-refractivity contribution >= 4 is 34.0 Å². The number of halogens is 2. The van der Waals surface area contributed by atoms with E-state index in [1.165, 1.54) is 18.3 Å². The first-order chi connectivity index (χ1) is 10.5. The average Bonchev–Trinajstić information content (AvgIpc) is 2.95. The Hall–Kier alpha value is -2.91. The molecule has 108 valence electrons. The molecule has 0 atom stereocenters. The first-order valence-electron chi connectivity index (χ1n) is 6.18. The Labute approximate surface area is 129 Å². The van der Waals surface area contributed by atoms with Crippen LogP contribution in [0.3, 0.4) is 0 Å². The van der Waals surface area contributed by atoms with Crippen LogP contribution in [0.15, 0.2) is 30.5 Å². The summed E-state index contributed by atoms with van der Waals surface area (Å²) in [5.74, 6) is -1.21. The van der Waals surface area contributed by atoms with Crippen molar-refractivity contribution in [2.75, 3.05) is 5.73 Å². The zero-order valence-electron chi connectivity index (χ0n) is 11.0. The largest absolute Gasteiger partial charge is 0.398 e. The Morgan fingerprint density at radius 1 is 1.41 bits per heavy atom. The number of fused-ring (bicyclic) bond motifs is 1. The minimum absolute atomic E-state index is 0.0103. The van der Waals surface area contributed by atoms with Crippen LogP contribution >= 0.6 is 11.6 Å². The number of ketones is 1. The molecule has 7 heteroatoms. The van der Waals surface area contributed by atoms with Crippen LogP contribution in [0.4, 0.5) is 10.1 Å². The topological polar surface area (TPSA) is 95.6 Å². The van der Waals surface area contributed by atoms with E-state index in [1.807, 2.05) is 6.07 Å². The lowest BCUT2D eigenvalue weighted by atomic mass is 9.95. The highest BCUT2D eigenvalue weighted by Crippen LogP contribution is 2.30. The number of aromatic nitrogens is 2. The molecule has 1 heterocycles. The quantitative estimate of drug-likeness (QED) is 0.561. The SMILES string of the molecule is N#Cc1c(C(=O)c2cc(F)ccc2Cl)c(N)cc2[nH]ncc12. The maximum absolute atomic E-state index is 13.4. The molecule has 1 aromatic heterocycles. The Morgan fingerprint density at radius 2 is 2.18 bits per heavy atom. The fraction of sp³-hybridized carbons (Fsp3) is 0. The number of hydrogen-bond acceptors (Lipinski definition) is 4. The van der Waals surface area contributed by atoms with E-state index in [-0.39, 0.29) is 27.4 Å². The van der Waals surface area contributed by atoms with Gasteiger partial charge in [0.2, 0.25) is 0 Å². The van der Waals surface area contributed by atoms with Crippen molar-refractivity contribution in [3.63, 3.8) is 0 Å². The van der Waals surface area contributed by atoms with Crippen LogP contribution in [0, 0.1) is 17.1 Å². The Morgan fingerprint density at radius 3 is 2.91 bits per heavy atom. The van der Waals surface area contributed by atoms with Gasteiger partial charge < -0.3 is 5.73 Å². The van der Waals surface area contributed by atoms with Crippen LogP contribution in [0.5, 0.6) is 0 Å². The molecule has 0 bridgehead atoms. The second kappa shape index (κ2) is 5.13. The molecule has 0 radical (unpaired) electrons. The van der Waals surface area contributed by atoms with Gasteiger partial charge in [0.15, 0.2) is 5.78 Å². The van der Waals surface area contributed by atoms with Gasteiger partial charge in [-0.05, 0) is 24.3 Å². The number of hydrogen-bond donors (Lipinski definition) is 2. The number of nitriles is 1. The number of carbonyl (C=O) groups excluding carboxylic acids is 1. The number of nitrogen functional groups attached to an aromatic ring is 1. The third kappa shape index (κ3) is 2.08. The molecule has 0 fully saturated rings. The lowest BCUT2D eigenvalue weighted by Crippen LogP contribution is -2.09. The number of rotatable bonds is 2. The minimum atomic E-state index is -0.610. The molecule has 3 rings (SSSR count). The second-order valence-corrected chi connectivity index (χ2v) is 5.02. The lowest BCUT2D eigenvalue weighted by Gasteiger charge is -2.09. The van der Waals surface area contributed by atoms with Crippen molar-refractivity contribution in [1.29, 1.82) is 5.26 Å². The molecule has 0 saturated carbocycles. The number of nitrogens with one attached hydrogen (secondary N) is 1. The third-order valence-electron chi connectivity index (χ3n) is 3.29. The van der Waals surface area contributed by atoms with Crippen molar-refractivity contribution in [1.82, 2.24) is 10.2 Å². The van der Waals surface area contributed by atoms with Gasteiger partial charge in [0, 0.05) is 16.6 Å². The monoisotopic (exact) mass is 314 g/mol. The number of nitrogens with two attached hydrogens (primary N) is 1. The van der Waals surface area contributed by atoms with Crippen LogP contribution < -0.4 is 5.73 Å². The standard InChI is InChI=1S/C15H8ClFN4O/c16-11-2-1-7(17)3-8(11)15(22)14-9(5-18)10-6-20-21-13(10)4-12(14)19/h1-4,6H,19H2,(H,20,21). The molecule has 0 aliphatic heterocycles. The Balaban J connectivity index is 2.30. The molecule has 3 aromatic rings. The predicted molar refractivity (Wildman–Crippen MR) is 80.1 cm³/mol. The maximum Gasteiger partial charge on any atom is 0.198 e. The molecule has 0 aliphatic carbocycles. The molecule has 2 aromatic carbocycles. The van der Waals surface area contributed by atoms with E-state index in [4.69, 9.17) is 17.3 Å². The molecule has 5 nitrogen and oxygen atoms in total. The predicted octanol–water partition coefficient (Wildman–Crippen LogP) is 3.04.